The maximum atomic E-state index is 11.2. The number of benzene rings is 2. The van der Waals surface area contributed by atoms with E-state index < -0.39 is 0 Å². The largest absolute Gasteiger partial charge is 0.373 e. The summed E-state index contributed by atoms with van der Waals surface area (Å²) in [4.78, 5) is 59.2. The molecule has 0 aliphatic carbocycles. The SMILES string of the molecule is Cc1cc2ccc(Br)cc2s1.Cc1cc2ccc(N3CCC(=O)CC3)cc2s1.O=C1CCNCC1.O=C=O.O=C=O. The second-order valence-electron chi connectivity index (χ2n) is 9.10. The molecule has 2 aromatic carbocycles. The Morgan fingerprint density at radius 3 is 1.66 bits per heavy atom. The van der Waals surface area contributed by atoms with Crippen LogP contribution >= 0.6 is 38.6 Å². The highest BCUT2D eigenvalue weighted by molar-refractivity contribution is 9.10. The summed E-state index contributed by atoms with van der Waals surface area (Å²) in [5.74, 6) is 0.799. The number of nitrogens with one attached hydrogen (secondary N) is 1. The summed E-state index contributed by atoms with van der Waals surface area (Å²) in [7, 11) is 0. The van der Waals surface area contributed by atoms with E-state index in [4.69, 9.17) is 19.2 Å². The number of aryl methyl sites for hydroxylation is 2. The Morgan fingerprint density at radius 1 is 0.707 bits per heavy atom. The molecule has 0 atom stereocenters. The number of Topliss-reactive ketones (excluding diaryl/α,β-unsaturated/α-hetero) is 2. The molecule has 2 aliphatic heterocycles. The third-order valence-electron chi connectivity index (χ3n) is 6.08. The van der Waals surface area contributed by atoms with Crippen molar-refractivity contribution in [3.63, 3.8) is 0 Å². The molecule has 0 spiro atoms. The zero-order chi connectivity index (χ0) is 30.2. The van der Waals surface area contributed by atoms with E-state index in [0.29, 0.717) is 24.4 Å². The van der Waals surface area contributed by atoms with E-state index in [0.717, 1.165) is 43.5 Å². The highest BCUT2D eigenvalue weighted by atomic mass is 79.9. The fourth-order valence-corrected chi connectivity index (χ4v) is 6.64. The maximum absolute atomic E-state index is 11.2. The van der Waals surface area contributed by atoms with Gasteiger partial charge in [0.1, 0.15) is 11.6 Å². The maximum Gasteiger partial charge on any atom is 0.373 e. The fraction of sp³-hybridized carbons (Fsp3) is 0.333. The molecule has 8 nitrogen and oxygen atoms in total. The van der Waals surface area contributed by atoms with Crippen LogP contribution in [0.15, 0.2) is 53.0 Å². The smallest absolute Gasteiger partial charge is 0.371 e. The quantitative estimate of drug-likeness (QED) is 0.260. The average Bonchev–Trinajstić information content (AvgIpc) is 3.50. The number of carbonyl (C=O) groups is 2. The summed E-state index contributed by atoms with van der Waals surface area (Å²) in [6, 6.07) is 17.4. The van der Waals surface area contributed by atoms with Gasteiger partial charge in [-0.15, -0.1) is 22.7 Å². The minimum absolute atomic E-state index is 0.250. The van der Waals surface area contributed by atoms with Crippen molar-refractivity contribution < 1.29 is 28.8 Å². The van der Waals surface area contributed by atoms with Crippen LogP contribution in [0.5, 0.6) is 0 Å². The number of hydrogen-bond donors (Lipinski definition) is 1. The molecule has 11 heteroatoms. The molecule has 4 aromatic rings. The van der Waals surface area contributed by atoms with E-state index in [-0.39, 0.29) is 12.3 Å². The van der Waals surface area contributed by atoms with Gasteiger partial charge in [-0.25, -0.2) is 0 Å². The molecule has 0 radical (unpaired) electrons. The number of hydrogen-bond acceptors (Lipinski definition) is 10. The molecule has 0 unspecified atom stereocenters. The number of rotatable bonds is 1. The topological polar surface area (TPSA) is 118 Å². The van der Waals surface area contributed by atoms with Crippen molar-refractivity contribution in [1.29, 1.82) is 0 Å². The normalized spacial score (nSPS) is 14.1. The van der Waals surface area contributed by atoms with E-state index >= 15 is 0 Å². The number of ketones is 2. The van der Waals surface area contributed by atoms with Gasteiger partial charge < -0.3 is 10.2 Å². The number of thiophene rings is 2. The Balaban J connectivity index is 0.000000210. The molecular weight excluding hydrogens is 628 g/mol. The molecule has 41 heavy (non-hydrogen) atoms. The zero-order valence-corrected chi connectivity index (χ0v) is 26.1. The minimum atomic E-state index is 0.250. The van der Waals surface area contributed by atoms with Crippen LogP contribution in [0.1, 0.15) is 35.4 Å². The van der Waals surface area contributed by atoms with E-state index in [1.165, 1.54) is 35.6 Å². The van der Waals surface area contributed by atoms with Crippen molar-refractivity contribution >= 4 is 88.3 Å². The second-order valence-corrected chi connectivity index (χ2v) is 12.6. The van der Waals surface area contributed by atoms with E-state index in [1.807, 2.05) is 22.7 Å². The van der Waals surface area contributed by atoms with Gasteiger partial charge in [0, 0.05) is 81.2 Å². The molecule has 2 aliphatic rings. The van der Waals surface area contributed by atoms with Crippen LogP contribution < -0.4 is 10.2 Å². The van der Waals surface area contributed by atoms with Crippen molar-refractivity contribution in [2.75, 3.05) is 31.1 Å². The molecule has 0 amide bonds. The molecule has 0 bridgehead atoms. The number of halogens is 1. The summed E-state index contributed by atoms with van der Waals surface area (Å²) in [5, 5.41) is 5.76. The number of anilines is 1. The van der Waals surface area contributed by atoms with Gasteiger partial charge in [0.05, 0.1) is 0 Å². The minimum Gasteiger partial charge on any atom is -0.371 e. The van der Waals surface area contributed by atoms with Gasteiger partial charge in [0.2, 0.25) is 0 Å². The first-order chi connectivity index (χ1) is 19.7. The summed E-state index contributed by atoms with van der Waals surface area (Å²) in [6.45, 7) is 7.80. The Kier molecular flexibility index (Phi) is 15.0. The lowest BCUT2D eigenvalue weighted by molar-refractivity contribution is -0.193. The van der Waals surface area contributed by atoms with Gasteiger partial charge in [0.25, 0.3) is 0 Å². The van der Waals surface area contributed by atoms with Gasteiger partial charge in [-0.2, -0.15) is 19.2 Å². The van der Waals surface area contributed by atoms with Crippen LogP contribution in [0.3, 0.4) is 0 Å². The monoisotopic (exact) mass is 658 g/mol. The van der Waals surface area contributed by atoms with Crippen LogP contribution in [0.25, 0.3) is 20.2 Å². The molecule has 2 saturated heterocycles. The molecular formula is C30H31BrN2O6S2. The highest BCUT2D eigenvalue weighted by Crippen LogP contribution is 2.30. The van der Waals surface area contributed by atoms with Gasteiger partial charge in [-0.05, 0) is 61.0 Å². The number of piperidine rings is 2. The standard InChI is InChI=1S/C14H15NOS.C9H7BrS.C5H9NO.2CO2/c1-10-8-11-2-3-12(9-14(11)17-10)15-6-4-13(16)5-7-15;1-6-4-7-2-3-8(10)5-9(7)11-6;7-5-1-3-6-4-2-5;2*2-1-3/h2-3,8-9H,4-7H2,1H3;2-5H,1H3;6H,1-4H2;;. The third kappa shape index (κ3) is 12.0. The van der Waals surface area contributed by atoms with Crippen LogP contribution in [-0.4, -0.2) is 50.0 Å². The summed E-state index contributed by atoms with van der Waals surface area (Å²) >= 11 is 7.12. The second kappa shape index (κ2) is 18.2. The number of nitrogens with zero attached hydrogens (tertiary/aromatic N) is 1. The molecule has 6 rings (SSSR count). The van der Waals surface area contributed by atoms with Crippen LogP contribution in [0, 0.1) is 13.8 Å². The summed E-state index contributed by atoms with van der Waals surface area (Å²) < 4.78 is 3.86. The molecule has 0 saturated carbocycles. The Labute approximate surface area is 254 Å². The zero-order valence-electron chi connectivity index (χ0n) is 22.9. The van der Waals surface area contributed by atoms with E-state index in [9.17, 15) is 9.59 Å². The Morgan fingerprint density at radius 2 is 1.17 bits per heavy atom. The lowest BCUT2D eigenvalue weighted by Gasteiger charge is -2.28. The van der Waals surface area contributed by atoms with Gasteiger partial charge in [-0.1, -0.05) is 28.1 Å². The molecule has 2 fully saturated rings. The summed E-state index contributed by atoms with van der Waals surface area (Å²) in [5.41, 5.74) is 1.26. The average molecular weight is 660 g/mol. The predicted molar refractivity (Wildman–Crippen MR) is 164 cm³/mol. The van der Waals surface area contributed by atoms with Crippen LogP contribution in [-0.2, 0) is 28.8 Å². The predicted octanol–water partition coefficient (Wildman–Crippen LogP) is 6.12. The third-order valence-corrected chi connectivity index (χ3v) is 8.60. The van der Waals surface area contributed by atoms with Crippen molar-refractivity contribution in [1.82, 2.24) is 5.32 Å². The highest BCUT2D eigenvalue weighted by Gasteiger charge is 2.16. The van der Waals surface area contributed by atoms with Gasteiger partial charge >= 0.3 is 12.3 Å². The van der Waals surface area contributed by atoms with Crippen molar-refractivity contribution in [2.24, 2.45) is 0 Å². The summed E-state index contributed by atoms with van der Waals surface area (Å²) in [6.07, 6.45) is 3.36. The lowest BCUT2D eigenvalue weighted by Crippen LogP contribution is -2.33. The van der Waals surface area contributed by atoms with E-state index in [2.05, 4.69) is 88.5 Å². The first-order valence-corrected chi connectivity index (χ1v) is 15.3. The molecule has 1 N–H and O–H groups in total. The Bertz CT molecular complexity index is 1490. The fourth-order valence-electron chi connectivity index (χ4n) is 4.21. The van der Waals surface area contributed by atoms with Crippen molar-refractivity contribution in [3.05, 3.63) is 62.8 Å². The molecule has 4 heterocycles. The van der Waals surface area contributed by atoms with Crippen molar-refractivity contribution in [3.8, 4) is 0 Å². The lowest BCUT2D eigenvalue weighted by atomic mass is 10.1. The molecule has 216 valence electrons. The first kappa shape index (κ1) is 33.9. The van der Waals surface area contributed by atoms with Crippen LogP contribution in [0.2, 0.25) is 0 Å². The molecule has 2 aromatic heterocycles. The van der Waals surface area contributed by atoms with E-state index in [1.54, 1.807) is 0 Å². The number of carbonyl (C=O) groups excluding carboxylic acids is 6. The number of fused-ring (bicyclic) bond motifs is 2. The van der Waals surface area contributed by atoms with Gasteiger partial charge in [0.15, 0.2) is 0 Å². The van der Waals surface area contributed by atoms with Crippen LogP contribution in [0.4, 0.5) is 5.69 Å². The first-order valence-electron chi connectivity index (χ1n) is 12.8. The van der Waals surface area contributed by atoms with Gasteiger partial charge in [-0.3, -0.25) is 9.59 Å². The van der Waals surface area contributed by atoms with Crippen molar-refractivity contribution in [2.45, 2.75) is 39.5 Å². The Hall–Kier alpha value is -3.30.